The van der Waals surface area contributed by atoms with Crippen molar-refractivity contribution in [3.05, 3.63) is 0 Å². The quantitative estimate of drug-likeness (QED) is 0.739. The van der Waals surface area contributed by atoms with Crippen LogP contribution in [0.15, 0.2) is 0 Å². The summed E-state index contributed by atoms with van der Waals surface area (Å²) in [6.45, 7) is 7.44. The topological polar surface area (TPSA) is 60.9 Å². The predicted octanol–water partition coefficient (Wildman–Crippen LogP) is 1.04. The molecule has 0 aromatic rings. The van der Waals surface area contributed by atoms with Crippen LogP contribution < -0.4 is 0 Å². The van der Waals surface area contributed by atoms with Gasteiger partial charge in [0.1, 0.15) is 0 Å². The molecule has 1 aliphatic rings. The first-order chi connectivity index (χ1) is 8.49. The zero-order valence-corrected chi connectivity index (χ0v) is 11.4. The molecule has 1 heterocycles. The van der Waals surface area contributed by atoms with E-state index in [0.717, 1.165) is 32.5 Å². The van der Waals surface area contributed by atoms with Gasteiger partial charge in [0, 0.05) is 26.2 Å². The van der Waals surface area contributed by atoms with Crippen LogP contribution in [0.1, 0.15) is 33.1 Å². The van der Waals surface area contributed by atoms with E-state index in [0.29, 0.717) is 19.0 Å². The van der Waals surface area contributed by atoms with Gasteiger partial charge >= 0.3 is 5.97 Å². The maximum Gasteiger partial charge on any atom is 0.304 e. The average molecular weight is 256 g/mol. The molecule has 0 atom stereocenters. The van der Waals surface area contributed by atoms with Gasteiger partial charge in [0.05, 0.1) is 13.0 Å². The molecule has 0 saturated carbocycles. The van der Waals surface area contributed by atoms with E-state index in [4.69, 9.17) is 5.11 Å². The van der Waals surface area contributed by atoms with Crippen molar-refractivity contribution in [1.82, 2.24) is 9.80 Å². The highest BCUT2D eigenvalue weighted by Gasteiger charge is 2.21. The molecule has 0 bridgehead atoms. The van der Waals surface area contributed by atoms with Crippen molar-refractivity contribution >= 4 is 11.9 Å². The number of carbonyl (C=O) groups is 2. The molecule has 0 unspecified atom stereocenters. The summed E-state index contributed by atoms with van der Waals surface area (Å²) in [5, 5.41) is 8.72. The highest BCUT2D eigenvalue weighted by molar-refractivity contribution is 5.78. The lowest BCUT2D eigenvalue weighted by Crippen LogP contribution is -2.41. The molecule has 18 heavy (non-hydrogen) atoms. The van der Waals surface area contributed by atoms with Crippen molar-refractivity contribution in [1.29, 1.82) is 0 Å². The molecule has 0 radical (unpaired) electrons. The molecule has 1 amide bonds. The minimum atomic E-state index is -0.808. The zero-order valence-electron chi connectivity index (χ0n) is 11.4. The number of hydrogen-bond acceptors (Lipinski definition) is 3. The second-order valence-electron chi connectivity index (χ2n) is 5.36. The van der Waals surface area contributed by atoms with Crippen molar-refractivity contribution in [2.45, 2.75) is 33.1 Å². The van der Waals surface area contributed by atoms with Crippen LogP contribution in [0.2, 0.25) is 0 Å². The smallest absolute Gasteiger partial charge is 0.304 e. The van der Waals surface area contributed by atoms with E-state index in [1.54, 1.807) is 0 Å². The van der Waals surface area contributed by atoms with E-state index in [-0.39, 0.29) is 12.3 Å². The zero-order chi connectivity index (χ0) is 13.5. The summed E-state index contributed by atoms with van der Waals surface area (Å²) in [6, 6.07) is 0. The van der Waals surface area contributed by atoms with E-state index in [2.05, 4.69) is 13.8 Å². The number of nitrogens with zero attached hydrogens (tertiary/aromatic N) is 2. The minimum absolute atomic E-state index is 0.0972. The number of aliphatic carboxylic acids is 1. The Morgan fingerprint density at radius 3 is 2.39 bits per heavy atom. The summed E-state index contributed by atoms with van der Waals surface area (Å²) >= 11 is 0. The molecular formula is C13H24N2O3. The Morgan fingerprint density at radius 1 is 1.28 bits per heavy atom. The molecule has 0 aromatic carbocycles. The maximum absolute atomic E-state index is 12.0. The van der Waals surface area contributed by atoms with Crippen LogP contribution in [-0.4, -0.2) is 59.5 Å². The first kappa shape index (κ1) is 15.0. The lowest BCUT2D eigenvalue weighted by Gasteiger charge is -2.25. The number of amides is 1. The number of carboxylic acids is 1. The van der Waals surface area contributed by atoms with Crippen LogP contribution in [0.3, 0.4) is 0 Å². The molecule has 1 aliphatic heterocycles. The Labute approximate surface area is 109 Å². The molecule has 1 fully saturated rings. The van der Waals surface area contributed by atoms with Gasteiger partial charge in [-0.3, -0.25) is 14.5 Å². The van der Waals surface area contributed by atoms with Gasteiger partial charge in [0.15, 0.2) is 0 Å². The molecule has 1 N–H and O–H groups in total. The second kappa shape index (κ2) is 7.36. The van der Waals surface area contributed by atoms with Gasteiger partial charge in [-0.25, -0.2) is 0 Å². The van der Waals surface area contributed by atoms with E-state index < -0.39 is 5.97 Å². The van der Waals surface area contributed by atoms with E-state index >= 15 is 0 Å². The Hall–Kier alpha value is -1.10. The number of likely N-dealkylation sites (tertiary alicyclic amines) is 1. The molecule has 1 saturated heterocycles. The number of rotatable bonds is 7. The van der Waals surface area contributed by atoms with Crippen LogP contribution in [0.25, 0.3) is 0 Å². The fourth-order valence-electron chi connectivity index (χ4n) is 2.26. The lowest BCUT2D eigenvalue weighted by atomic mass is 10.2. The third-order valence-electron chi connectivity index (χ3n) is 3.08. The standard InChI is InChI=1S/C13H24N2O3/c1-11(2)9-14(8-5-13(17)18)10-12(16)15-6-3-4-7-15/h11H,3-10H2,1-2H3,(H,17,18). The molecule has 5 nitrogen and oxygen atoms in total. The molecule has 1 rings (SSSR count). The normalized spacial score (nSPS) is 15.7. The number of carbonyl (C=O) groups excluding carboxylic acids is 1. The van der Waals surface area contributed by atoms with Gasteiger partial charge in [-0.15, -0.1) is 0 Å². The van der Waals surface area contributed by atoms with Crippen LogP contribution >= 0.6 is 0 Å². The Bertz CT molecular complexity index is 286. The van der Waals surface area contributed by atoms with Crippen LogP contribution in [-0.2, 0) is 9.59 Å². The van der Waals surface area contributed by atoms with Gasteiger partial charge in [0.2, 0.25) is 5.91 Å². The molecule has 0 aliphatic carbocycles. The van der Waals surface area contributed by atoms with Crippen molar-refractivity contribution in [2.75, 3.05) is 32.7 Å². The van der Waals surface area contributed by atoms with E-state index in [1.165, 1.54) is 0 Å². The summed E-state index contributed by atoms with van der Waals surface area (Å²) in [4.78, 5) is 26.5. The lowest BCUT2D eigenvalue weighted by molar-refractivity contribution is -0.138. The second-order valence-corrected chi connectivity index (χ2v) is 5.36. The average Bonchev–Trinajstić information content (AvgIpc) is 2.78. The first-order valence-corrected chi connectivity index (χ1v) is 6.71. The SMILES string of the molecule is CC(C)CN(CCC(=O)O)CC(=O)N1CCCC1. The van der Waals surface area contributed by atoms with Crippen molar-refractivity contribution in [3.63, 3.8) is 0 Å². The van der Waals surface area contributed by atoms with Gasteiger partial charge in [-0.1, -0.05) is 13.8 Å². The predicted molar refractivity (Wildman–Crippen MR) is 69.3 cm³/mol. The molecule has 0 aromatic heterocycles. The van der Waals surface area contributed by atoms with E-state index in [9.17, 15) is 9.59 Å². The highest BCUT2D eigenvalue weighted by Crippen LogP contribution is 2.09. The monoisotopic (exact) mass is 256 g/mol. The van der Waals surface area contributed by atoms with Crippen LogP contribution in [0.5, 0.6) is 0 Å². The Morgan fingerprint density at radius 2 is 1.89 bits per heavy atom. The van der Waals surface area contributed by atoms with Crippen molar-refractivity contribution in [2.24, 2.45) is 5.92 Å². The summed E-state index contributed by atoms with van der Waals surface area (Å²) in [6.07, 6.45) is 2.27. The molecule has 5 heteroatoms. The summed E-state index contributed by atoms with van der Waals surface area (Å²) in [5.41, 5.74) is 0. The highest BCUT2D eigenvalue weighted by atomic mass is 16.4. The minimum Gasteiger partial charge on any atom is -0.481 e. The fraction of sp³-hybridized carbons (Fsp3) is 0.846. The third-order valence-corrected chi connectivity index (χ3v) is 3.08. The van der Waals surface area contributed by atoms with Gasteiger partial charge in [0.25, 0.3) is 0 Å². The Kier molecular flexibility index (Phi) is 6.12. The summed E-state index contributed by atoms with van der Waals surface area (Å²) in [7, 11) is 0. The third kappa shape index (κ3) is 5.49. The molecule has 104 valence electrons. The Balaban J connectivity index is 2.42. The number of hydrogen-bond donors (Lipinski definition) is 1. The van der Waals surface area contributed by atoms with Crippen molar-refractivity contribution < 1.29 is 14.7 Å². The first-order valence-electron chi connectivity index (χ1n) is 6.71. The van der Waals surface area contributed by atoms with Crippen LogP contribution in [0.4, 0.5) is 0 Å². The van der Waals surface area contributed by atoms with Gasteiger partial charge in [-0.2, -0.15) is 0 Å². The molecule has 0 spiro atoms. The van der Waals surface area contributed by atoms with Crippen LogP contribution in [0, 0.1) is 5.92 Å². The maximum atomic E-state index is 12.0. The van der Waals surface area contributed by atoms with Crippen molar-refractivity contribution in [3.8, 4) is 0 Å². The van der Waals surface area contributed by atoms with Gasteiger partial charge in [-0.05, 0) is 18.8 Å². The fourth-order valence-corrected chi connectivity index (χ4v) is 2.26. The van der Waals surface area contributed by atoms with E-state index in [1.807, 2.05) is 9.80 Å². The largest absolute Gasteiger partial charge is 0.481 e. The van der Waals surface area contributed by atoms with Gasteiger partial charge < -0.3 is 10.0 Å². The number of carboxylic acid groups (broad SMARTS) is 1. The summed E-state index contributed by atoms with van der Waals surface area (Å²) < 4.78 is 0. The molecular weight excluding hydrogens is 232 g/mol. The summed E-state index contributed by atoms with van der Waals surface area (Å²) in [5.74, 6) is -0.235.